The zero-order valence-electron chi connectivity index (χ0n) is 10.7. The molecular weight excluding hydrogens is 313 g/mol. The van der Waals surface area contributed by atoms with Crippen molar-refractivity contribution in [2.24, 2.45) is 11.7 Å². The van der Waals surface area contributed by atoms with Crippen LogP contribution in [0.15, 0.2) is 27.2 Å². The van der Waals surface area contributed by atoms with Crippen LogP contribution in [0.3, 0.4) is 0 Å². The molecule has 0 aliphatic rings. The van der Waals surface area contributed by atoms with Crippen LogP contribution < -0.4 is 5.73 Å². The molecule has 2 rings (SSSR count). The van der Waals surface area contributed by atoms with Crippen LogP contribution in [0.25, 0.3) is 11.4 Å². The highest BCUT2D eigenvalue weighted by atomic mass is 79.9. The molecule has 2 N–H and O–H groups in total. The number of aromatic nitrogens is 2. The molecule has 0 aliphatic heterocycles. The highest BCUT2D eigenvalue weighted by molar-refractivity contribution is 9.10. The van der Waals surface area contributed by atoms with Gasteiger partial charge >= 0.3 is 0 Å². The van der Waals surface area contributed by atoms with Gasteiger partial charge < -0.3 is 10.3 Å². The summed E-state index contributed by atoms with van der Waals surface area (Å²) >= 11 is 3.13. The predicted octanol–water partition coefficient (Wildman–Crippen LogP) is 3.68. The molecule has 2 aromatic rings. The average Bonchev–Trinajstić information content (AvgIpc) is 2.89. The molecule has 4 nitrogen and oxygen atoms in total. The van der Waals surface area contributed by atoms with Crippen LogP contribution >= 0.6 is 15.9 Å². The van der Waals surface area contributed by atoms with Gasteiger partial charge in [-0.3, -0.25) is 0 Å². The third-order valence-corrected chi connectivity index (χ3v) is 3.77. The van der Waals surface area contributed by atoms with Gasteiger partial charge in [-0.25, -0.2) is 4.39 Å². The molecular formula is C13H15BrFN3O. The summed E-state index contributed by atoms with van der Waals surface area (Å²) in [5, 5.41) is 3.89. The molecule has 0 aliphatic carbocycles. The maximum atomic E-state index is 13.2. The standard InChI is InChI=1S/C13H15BrFN3O/c1-3-7(2)11(16)13-17-12(18-19-13)8-4-5-10(15)9(14)6-8/h4-7,11H,3,16H2,1-2H3/t7-,11-/m0/s1. The van der Waals surface area contributed by atoms with Crippen molar-refractivity contribution in [1.82, 2.24) is 10.1 Å². The second-order valence-corrected chi connectivity index (χ2v) is 5.35. The molecule has 1 aromatic heterocycles. The van der Waals surface area contributed by atoms with Gasteiger partial charge in [-0.05, 0) is 40.0 Å². The lowest BCUT2D eigenvalue weighted by Crippen LogP contribution is -2.18. The Hall–Kier alpha value is -1.27. The number of rotatable bonds is 4. The third-order valence-electron chi connectivity index (χ3n) is 3.16. The summed E-state index contributed by atoms with van der Waals surface area (Å²) in [7, 11) is 0. The first-order chi connectivity index (χ1) is 9.02. The van der Waals surface area contributed by atoms with Crippen LogP contribution in [-0.4, -0.2) is 10.1 Å². The molecule has 0 saturated heterocycles. The Labute approximate surface area is 119 Å². The van der Waals surface area contributed by atoms with E-state index in [1.807, 2.05) is 6.92 Å². The molecule has 19 heavy (non-hydrogen) atoms. The zero-order valence-corrected chi connectivity index (χ0v) is 12.3. The Bertz CT molecular complexity index is 573. The Morgan fingerprint density at radius 2 is 2.21 bits per heavy atom. The number of benzene rings is 1. The lowest BCUT2D eigenvalue weighted by Gasteiger charge is -2.12. The van der Waals surface area contributed by atoms with E-state index >= 15 is 0 Å². The Morgan fingerprint density at radius 1 is 1.47 bits per heavy atom. The minimum absolute atomic E-state index is 0.258. The highest BCUT2D eigenvalue weighted by Gasteiger charge is 2.20. The van der Waals surface area contributed by atoms with Crippen LogP contribution in [0.4, 0.5) is 4.39 Å². The average molecular weight is 328 g/mol. The molecule has 0 fully saturated rings. The van der Waals surface area contributed by atoms with Crippen molar-refractivity contribution in [3.63, 3.8) is 0 Å². The summed E-state index contributed by atoms with van der Waals surface area (Å²) < 4.78 is 18.7. The first kappa shape index (κ1) is 14.1. The largest absolute Gasteiger partial charge is 0.337 e. The van der Waals surface area contributed by atoms with Gasteiger partial charge in [0.1, 0.15) is 5.82 Å². The summed E-state index contributed by atoms with van der Waals surface area (Å²) in [6.45, 7) is 4.09. The third kappa shape index (κ3) is 3.01. The van der Waals surface area contributed by atoms with Crippen LogP contribution in [-0.2, 0) is 0 Å². The predicted molar refractivity (Wildman–Crippen MR) is 73.8 cm³/mol. The topological polar surface area (TPSA) is 64.9 Å². The maximum Gasteiger partial charge on any atom is 0.244 e. The first-order valence-corrected chi connectivity index (χ1v) is 6.86. The molecule has 0 saturated carbocycles. The van der Waals surface area contributed by atoms with Gasteiger partial charge in [-0.1, -0.05) is 25.4 Å². The molecule has 0 bridgehead atoms. The number of hydrogen-bond acceptors (Lipinski definition) is 4. The number of hydrogen-bond donors (Lipinski definition) is 1. The number of nitrogens with zero attached hydrogens (tertiary/aromatic N) is 2. The van der Waals surface area contributed by atoms with E-state index in [1.165, 1.54) is 6.07 Å². The second kappa shape index (κ2) is 5.79. The molecule has 0 radical (unpaired) electrons. The van der Waals surface area contributed by atoms with E-state index in [9.17, 15) is 4.39 Å². The maximum absolute atomic E-state index is 13.2. The van der Waals surface area contributed by atoms with Crippen molar-refractivity contribution in [2.75, 3.05) is 0 Å². The van der Waals surface area contributed by atoms with Crippen molar-refractivity contribution >= 4 is 15.9 Å². The molecule has 6 heteroatoms. The normalized spacial score (nSPS) is 14.4. The molecule has 0 amide bonds. The fourth-order valence-electron chi connectivity index (χ4n) is 1.62. The van der Waals surface area contributed by atoms with E-state index < -0.39 is 0 Å². The highest BCUT2D eigenvalue weighted by Crippen LogP contribution is 2.26. The minimum Gasteiger partial charge on any atom is -0.337 e. The van der Waals surface area contributed by atoms with Crippen LogP contribution in [0.2, 0.25) is 0 Å². The number of nitrogens with two attached hydrogens (primary N) is 1. The molecule has 0 spiro atoms. The summed E-state index contributed by atoms with van der Waals surface area (Å²) in [4.78, 5) is 4.27. The van der Waals surface area contributed by atoms with E-state index in [1.54, 1.807) is 12.1 Å². The van der Waals surface area contributed by atoms with E-state index in [4.69, 9.17) is 10.3 Å². The Morgan fingerprint density at radius 3 is 2.84 bits per heavy atom. The van der Waals surface area contributed by atoms with E-state index in [-0.39, 0.29) is 17.8 Å². The second-order valence-electron chi connectivity index (χ2n) is 4.50. The quantitative estimate of drug-likeness (QED) is 0.930. The minimum atomic E-state index is -0.330. The van der Waals surface area contributed by atoms with Gasteiger partial charge in [-0.15, -0.1) is 0 Å². The van der Waals surface area contributed by atoms with Crippen LogP contribution in [0, 0.1) is 11.7 Å². The van der Waals surface area contributed by atoms with Gasteiger partial charge in [0.15, 0.2) is 0 Å². The summed E-state index contributed by atoms with van der Waals surface area (Å²) in [5.74, 6) is 0.747. The molecule has 1 heterocycles. The molecule has 102 valence electrons. The summed E-state index contributed by atoms with van der Waals surface area (Å²) in [6.07, 6.45) is 0.932. The monoisotopic (exact) mass is 327 g/mol. The van der Waals surface area contributed by atoms with Crippen molar-refractivity contribution in [3.8, 4) is 11.4 Å². The van der Waals surface area contributed by atoms with Crippen molar-refractivity contribution in [1.29, 1.82) is 0 Å². The lowest BCUT2D eigenvalue weighted by atomic mass is 10.0. The summed E-state index contributed by atoms with van der Waals surface area (Å²) in [6, 6.07) is 4.28. The Kier molecular flexibility index (Phi) is 4.31. The van der Waals surface area contributed by atoms with Crippen molar-refractivity contribution in [2.45, 2.75) is 26.3 Å². The van der Waals surface area contributed by atoms with Gasteiger partial charge in [0, 0.05) is 5.56 Å². The first-order valence-electron chi connectivity index (χ1n) is 6.07. The molecule has 1 aromatic carbocycles. The van der Waals surface area contributed by atoms with Crippen LogP contribution in [0.5, 0.6) is 0 Å². The number of halogens is 2. The van der Waals surface area contributed by atoms with Crippen molar-refractivity contribution in [3.05, 3.63) is 34.4 Å². The van der Waals surface area contributed by atoms with Gasteiger partial charge in [0.2, 0.25) is 11.7 Å². The summed E-state index contributed by atoms with van der Waals surface area (Å²) in [5.41, 5.74) is 6.71. The van der Waals surface area contributed by atoms with E-state index in [0.717, 1.165) is 6.42 Å². The molecule has 2 atom stereocenters. The molecule has 0 unspecified atom stereocenters. The fourth-order valence-corrected chi connectivity index (χ4v) is 2.00. The lowest BCUT2D eigenvalue weighted by molar-refractivity contribution is 0.312. The van der Waals surface area contributed by atoms with Crippen LogP contribution in [0.1, 0.15) is 32.2 Å². The zero-order chi connectivity index (χ0) is 14.0. The van der Waals surface area contributed by atoms with Gasteiger partial charge in [-0.2, -0.15) is 4.98 Å². The van der Waals surface area contributed by atoms with Gasteiger partial charge in [0.05, 0.1) is 10.5 Å². The fraction of sp³-hybridized carbons (Fsp3) is 0.385. The van der Waals surface area contributed by atoms with E-state index in [0.29, 0.717) is 21.8 Å². The van der Waals surface area contributed by atoms with Crippen molar-refractivity contribution < 1.29 is 8.91 Å². The van der Waals surface area contributed by atoms with E-state index in [2.05, 4.69) is 33.0 Å². The smallest absolute Gasteiger partial charge is 0.244 e. The Balaban J connectivity index is 2.27. The van der Waals surface area contributed by atoms with Gasteiger partial charge in [0.25, 0.3) is 0 Å². The SMILES string of the molecule is CC[C@H](C)[C@H](N)c1nc(-c2ccc(F)c(Br)c2)no1.